The number of rotatable bonds is 3. The van der Waals surface area contributed by atoms with E-state index < -0.39 is 11.2 Å². The van der Waals surface area contributed by atoms with Crippen LogP contribution in [0.15, 0.2) is 42.5 Å². The van der Waals surface area contributed by atoms with E-state index in [1.807, 2.05) is 12.9 Å². The lowest BCUT2D eigenvalue weighted by Gasteiger charge is -2.38. The van der Waals surface area contributed by atoms with Crippen molar-refractivity contribution in [2.75, 3.05) is 14.2 Å². The van der Waals surface area contributed by atoms with Crippen molar-refractivity contribution in [3.63, 3.8) is 0 Å². The molecule has 1 atom stereocenters. The highest BCUT2D eigenvalue weighted by Crippen LogP contribution is 2.52. The molecule has 0 aliphatic carbocycles. The lowest BCUT2D eigenvalue weighted by atomic mass is 9.77. The molecule has 0 radical (unpaired) electrons. The SMILES string of the molecule is COc1ccc2cc3ccccc3c(C3(C)OB(C)OC3(C)C)c2c1OC. The fraction of sp³-hybridized carbons (Fsp3) is 0.364. The minimum atomic E-state index is -0.662. The van der Waals surface area contributed by atoms with Gasteiger partial charge in [0.05, 0.1) is 19.8 Å². The fourth-order valence-electron chi connectivity index (χ4n) is 4.35. The molecule has 3 aromatic carbocycles. The average Bonchev–Trinajstić information content (AvgIpc) is 2.85. The maximum absolute atomic E-state index is 6.42. The lowest BCUT2D eigenvalue weighted by Crippen LogP contribution is -2.42. The molecule has 0 saturated carbocycles. The third-order valence-electron chi connectivity index (χ3n) is 5.86. The average molecular weight is 364 g/mol. The minimum absolute atomic E-state index is 0.296. The van der Waals surface area contributed by atoms with Crippen molar-refractivity contribution >= 4 is 28.7 Å². The van der Waals surface area contributed by atoms with Gasteiger partial charge in [-0.15, -0.1) is 0 Å². The van der Waals surface area contributed by atoms with Crippen LogP contribution in [0.2, 0.25) is 6.82 Å². The van der Waals surface area contributed by atoms with E-state index in [0.29, 0.717) is 5.75 Å². The van der Waals surface area contributed by atoms with Crippen molar-refractivity contribution in [2.24, 2.45) is 0 Å². The molecule has 1 saturated heterocycles. The number of hydrogen-bond acceptors (Lipinski definition) is 4. The first-order chi connectivity index (χ1) is 12.8. The van der Waals surface area contributed by atoms with Crippen molar-refractivity contribution < 1.29 is 18.8 Å². The molecule has 4 nitrogen and oxygen atoms in total. The van der Waals surface area contributed by atoms with Crippen LogP contribution < -0.4 is 9.47 Å². The normalized spacial score (nSPS) is 21.8. The van der Waals surface area contributed by atoms with Gasteiger partial charge < -0.3 is 18.8 Å². The molecule has 1 unspecified atom stereocenters. The van der Waals surface area contributed by atoms with Crippen molar-refractivity contribution in [2.45, 2.75) is 38.8 Å². The molecule has 1 aliphatic rings. The zero-order valence-electron chi connectivity index (χ0n) is 16.8. The van der Waals surface area contributed by atoms with Crippen LogP contribution in [0.1, 0.15) is 26.3 Å². The van der Waals surface area contributed by atoms with Crippen LogP contribution in [-0.4, -0.2) is 26.9 Å². The standard InChI is InChI=1S/C22H25BO4/c1-21(2)22(3,27-23(4)26-21)19-16-10-8-7-9-14(16)13-15-11-12-17(24-5)20(25-6)18(15)19/h7-13H,1-6H3. The summed E-state index contributed by atoms with van der Waals surface area (Å²) in [6.45, 7) is 8.21. The third-order valence-corrected chi connectivity index (χ3v) is 5.86. The van der Waals surface area contributed by atoms with Gasteiger partial charge in [-0.2, -0.15) is 0 Å². The molecular weight excluding hydrogens is 339 g/mol. The van der Waals surface area contributed by atoms with E-state index in [1.54, 1.807) is 14.2 Å². The number of fused-ring (bicyclic) bond motifs is 2. The summed E-state index contributed by atoms with van der Waals surface area (Å²) in [6.07, 6.45) is 0. The topological polar surface area (TPSA) is 36.9 Å². The van der Waals surface area contributed by atoms with Gasteiger partial charge in [0.1, 0.15) is 5.60 Å². The monoisotopic (exact) mass is 364 g/mol. The van der Waals surface area contributed by atoms with Gasteiger partial charge in [-0.25, -0.2) is 0 Å². The minimum Gasteiger partial charge on any atom is -0.493 e. The third kappa shape index (κ3) is 2.53. The van der Waals surface area contributed by atoms with Gasteiger partial charge in [-0.1, -0.05) is 30.3 Å². The second-order valence-electron chi connectivity index (χ2n) is 7.72. The highest BCUT2D eigenvalue weighted by Gasteiger charge is 2.54. The summed E-state index contributed by atoms with van der Waals surface area (Å²) in [5, 5.41) is 4.38. The molecule has 1 heterocycles. The van der Waals surface area contributed by atoms with Gasteiger partial charge in [0.15, 0.2) is 11.5 Å². The van der Waals surface area contributed by atoms with Gasteiger partial charge in [0.25, 0.3) is 0 Å². The highest BCUT2D eigenvalue weighted by atomic mass is 16.7. The van der Waals surface area contributed by atoms with Crippen LogP contribution in [0.25, 0.3) is 21.5 Å². The molecule has 1 fully saturated rings. The first-order valence-corrected chi connectivity index (χ1v) is 9.25. The molecule has 0 amide bonds. The Morgan fingerprint density at radius 2 is 1.63 bits per heavy atom. The number of benzene rings is 3. The van der Waals surface area contributed by atoms with Crippen LogP contribution in [0.4, 0.5) is 0 Å². The highest BCUT2D eigenvalue weighted by molar-refractivity contribution is 6.43. The van der Waals surface area contributed by atoms with E-state index in [2.05, 4.69) is 57.2 Å². The van der Waals surface area contributed by atoms with Crippen molar-refractivity contribution in [1.82, 2.24) is 0 Å². The zero-order chi connectivity index (χ0) is 19.4. The van der Waals surface area contributed by atoms with Gasteiger partial charge in [-0.3, -0.25) is 0 Å². The molecule has 4 rings (SSSR count). The van der Waals surface area contributed by atoms with E-state index in [-0.39, 0.29) is 7.12 Å². The van der Waals surface area contributed by atoms with Gasteiger partial charge in [-0.05, 0) is 55.9 Å². The predicted molar refractivity (Wildman–Crippen MR) is 110 cm³/mol. The Labute approximate surface area is 160 Å². The van der Waals surface area contributed by atoms with Crippen LogP contribution >= 0.6 is 0 Å². The van der Waals surface area contributed by atoms with Crippen LogP contribution in [-0.2, 0) is 14.9 Å². The Hall–Kier alpha value is -2.24. The molecular formula is C22H25BO4. The van der Waals surface area contributed by atoms with E-state index in [4.69, 9.17) is 18.8 Å². The second-order valence-corrected chi connectivity index (χ2v) is 7.72. The Kier molecular flexibility index (Phi) is 4.13. The molecule has 5 heteroatoms. The van der Waals surface area contributed by atoms with Crippen molar-refractivity contribution in [1.29, 1.82) is 0 Å². The fourth-order valence-corrected chi connectivity index (χ4v) is 4.35. The largest absolute Gasteiger partial charge is 0.493 e. The summed E-state index contributed by atoms with van der Waals surface area (Å²) in [5.41, 5.74) is -0.108. The first kappa shape index (κ1) is 18.1. The predicted octanol–water partition coefficient (Wildman–Crippen LogP) is 5.17. The van der Waals surface area contributed by atoms with Crippen molar-refractivity contribution in [3.05, 3.63) is 48.0 Å². The lowest BCUT2D eigenvalue weighted by molar-refractivity contribution is -0.0112. The first-order valence-electron chi connectivity index (χ1n) is 9.25. The summed E-state index contributed by atoms with van der Waals surface area (Å²) in [7, 11) is 3.04. The van der Waals surface area contributed by atoms with Gasteiger partial charge in [0.2, 0.25) is 0 Å². The maximum atomic E-state index is 6.42. The Balaban J connectivity index is 2.22. The molecule has 1 aliphatic heterocycles. The van der Waals surface area contributed by atoms with E-state index >= 15 is 0 Å². The molecule has 0 aromatic heterocycles. The van der Waals surface area contributed by atoms with Gasteiger partial charge in [0, 0.05) is 10.9 Å². The van der Waals surface area contributed by atoms with Crippen LogP contribution in [0, 0.1) is 0 Å². The Morgan fingerprint density at radius 3 is 2.26 bits per heavy atom. The molecule has 0 N–H and O–H groups in total. The second kappa shape index (κ2) is 6.15. The summed E-state index contributed by atoms with van der Waals surface area (Å²) in [5.74, 6) is 1.42. The summed E-state index contributed by atoms with van der Waals surface area (Å²) >= 11 is 0. The summed E-state index contributed by atoms with van der Waals surface area (Å²) in [6, 6.07) is 14.6. The Bertz CT molecular complexity index is 1030. The number of methoxy groups -OCH3 is 2. The molecule has 0 bridgehead atoms. The quantitative estimate of drug-likeness (QED) is 0.475. The van der Waals surface area contributed by atoms with E-state index in [0.717, 1.165) is 32.9 Å². The molecule has 0 spiro atoms. The molecule has 3 aromatic rings. The van der Waals surface area contributed by atoms with E-state index in [1.165, 1.54) is 0 Å². The number of ether oxygens (including phenoxy) is 2. The summed E-state index contributed by atoms with van der Waals surface area (Å²) in [4.78, 5) is 0. The number of hydrogen-bond donors (Lipinski definition) is 0. The van der Waals surface area contributed by atoms with E-state index in [9.17, 15) is 0 Å². The maximum Gasteiger partial charge on any atom is 0.454 e. The molecule has 140 valence electrons. The smallest absolute Gasteiger partial charge is 0.454 e. The Morgan fingerprint density at radius 1 is 0.889 bits per heavy atom. The summed E-state index contributed by atoms with van der Waals surface area (Å²) < 4.78 is 24.0. The van der Waals surface area contributed by atoms with Crippen LogP contribution in [0.5, 0.6) is 11.5 Å². The van der Waals surface area contributed by atoms with Gasteiger partial charge >= 0.3 is 7.12 Å². The van der Waals surface area contributed by atoms with Crippen molar-refractivity contribution in [3.8, 4) is 11.5 Å². The molecule has 27 heavy (non-hydrogen) atoms. The van der Waals surface area contributed by atoms with Crippen LogP contribution in [0.3, 0.4) is 0 Å². The zero-order valence-corrected chi connectivity index (χ0v) is 16.8.